The van der Waals surface area contributed by atoms with Crippen LogP contribution in [-0.2, 0) is 23.9 Å². The van der Waals surface area contributed by atoms with Crippen LogP contribution in [0.5, 0.6) is 0 Å². The first-order valence-electron chi connectivity index (χ1n) is 3.62. The van der Waals surface area contributed by atoms with Crippen molar-refractivity contribution in [2.45, 2.75) is 6.92 Å². The quantitative estimate of drug-likeness (QED) is 0.203. The third-order valence-corrected chi connectivity index (χ3v) is 1.56. The number of allylic oxidation sites excluding steroid dienone is 1. The first kappa shape index (κ1) is 14.0. The van der Waals surface area contributed by atoms with Crippen molar-refractivity contribution < 1.29 is 58.6 Å². The molecular formula is C8H5NaO6. The van der Waals surface area contributed by atoms with Crippen LogP contribution in [0.3, 0.4) is 0 Å². The molecule has 0 bridgehead atoms. The molecule has 74 valence electrons. The van der Waals surface area contributed by atoms with Crippen LogP contribution in [0.4, 0.5) is 0 Å². The Morgan fingerprint density at radius 1 is 1.40 bits per heavy atom. The van der Waals surface area contributed by atoms with Crippen LogP contribution in [0, 0.1) is 5.92 Å². The molecule has 0 amide bonds. The molecule has 15 heavy (non-hydrogen) atoms. The summed E-state index contributed by atoms with van der Waals surface area (Å²) in [6, 6.07) is 0. The van der Waals surface area contributed by atoms with Crippen LogP contribution in [0.25, 0.3) is 0 Å². The second kappa shape index (κ2) is 5.20. The van der Waals surface area contributed by atoms with Crippen LogP contribution in [0.15, 0.2) is 11.8 Å². The molecule has 0 aromatic heterocycles. The molecule has 1 saturated heterocycles. The Bertz CT molecular complexity index is 355. The third kappa shape index (κ3) is 3.58. The molecule has 1 rings (SSSR count). The van der Waals surface area contributed by atoms with Crippen molar-refractivity contribution in [3.8, 4) is 0 Å². The van der Waals surface area contributed by atoms with Gasteiger partial charge in [-0.2, -0.15) is 0 Å². The van der Waals surface area contributed by atoms with Gasteiger partial charge in [0, 0.05) is 6.08 Å². The Morgan fingerprint density at radius 3 is 2.13 bits per heavy atom. The Labute approximate surface area is 107 Å². The molecule has 0 N–H and O–H groups in total. The molecule has 1 aliphatic heterocycles. The Hall–Kier alpha value is -0.980. The molecular weight excluding hydrogens is 215 g/mol. The molecule has 1 aliphatic rings. The number of carboxylic acids is 1. The molecule has 1 unspecified atom stereocenters. The van der Waals surface area contributed by atoms with Gasteiger partial charge in [0.1, 0.15) is 11.7 Å². The number of hydrogen-bond acceptors (Lipinski definition) is 6. The maximum Gasteiger partial charge on any atom is 1.00 e. The van der Waals surface area contributed by atoms with Crippen LogP contribution >= 0.6 is 0 Å². The van der Waals surface area contributed by atoms with Crippen molar-refractivity contribution in [1.29, 1.82) is 0 Å². The van der Waals surface area contributed by atoms with Gasteiger partial charge in [0.25, 0.3) is 0 Å². The fourth-order valence-corrected chi connectivity index (χ4v) is 0.858. The number of carbonyl (C=O) groups excluding carboxylic acids is 4. The fourth-order valence-electron chi connectivity index (χ4n) is 0.858. The van der Waals surface area contributed by atoms with E-state index in [0.717, 1.165) is 6.92 Å². The molecule has 6 nitrogen and oxygen atoms in total. The van der Waals surface area contributed by atoms with Gasteiger partial charge in [0.2, 0.25) is 5.76 Å². The van der Waals surface area contributed by atoms with E-state index in [0.29, 0.717) is 6.08 Å². The first-order valence-corrected chi connectivity index (χ1v) is 3.62. The number of Topliss-reactive ketones (excluding diaryl/α,β-unsaturated/α-hetero) is 1. The maximum atomic E-state index is 11.1. The summed E-state index contributed by atoms with van der Waals surface area (Å²) in [5.41, 5.74) is 0. The van der Waals surface area contributed by atoms with Crippen molar-refractivity contribution in [3.63, 3.8) is 0 Å². The summed E-state index contributed by atoms with van der Waals surface area (Å²) in [5.74, 6) is -6.44. The summed E-state index contributed by atoms with van der Waals surface area (Å²) >= 11 is 0. The second-order valence-electron chi connectivity index (χ2n) is 2.66. The average molecular weight is 220 g/mol. The summed E-state index contributed by atoms with van der Waals surface area (Å²) in [4.78, 5) is 42.4. The Morgan fingerprint density at radius 2 is 1.87 bits per heavy atom. The zero-order valence-electron chi connectivity index (χ0n) is 8.10. The van der Waals surface area contributed by atoms with Gasteiger partial charge in [-0.3, -0.25) is 9.59 Å². The van der Waals surface area contributed by atoms with Gasteiger partial charge in [-0.25, -0.2) is 4.79 Å². The number of carboxylic acid groups (broad SMARTS) is 1. The standard InChI is InChI=1S/C8H6O6.Na/c1-3(9)6(7(11)12)4(10)2-5-8(13)14-5;/h2,6H,1H3,(H,11,12);/q;+1/p-1/b5-2-;. The number of aliphatic carboxylic acids is 1. The molecule has 0 radical (unpaired) electrons. The van der Waals surface area contributed by atoms with E-state index in [1.807, 2.05) is 0 Å². The van der Waals surface area contributed by atoms with Crippen molar-refractivity contribution in [2.75, 3.05) is 0 Å². The molecule has 0 saturated carbocycles. The minimum Gasteiger partial charge on any atom is -0.549 e. The van der Waals surface area contributed by atoms with E-state index in [2.05, 4.69) is 4.74 Å². The Balaban J connectivity index is 0.00000196. The monoisotopic (exact) mass is 220 g/mol. The number of ether oxygens (including phenoxy) is 1. The number of rotatable bonds is 4. The molecule has 0 aromatic rings. The van der Waals surface area contributed by atoms with E-state index >= 15 is 0 Å². The van der Waals surface area contributed by atoms with E-state index in [9.17, 15) is 24.3 Å². The minimum absolute atomic E-state index is 0. The number of ketones is 2. The smallest absolute Gasteiger partial charge is 0.549 e. The van der Waals surface area contributed by atoms with E-state index in [1.54, 1.807) is 0 Å². The van der Waals surface area contributed by atoms with Gasteiger partial charge >= 0.3 is 35.5 Å². The van der Waals surface area contributed by atoms with E-state index in [1.165, 1.54) is 0 Å². The molecule has 7 heteroatoms. The predicted molar refractivity (Wildman–Crippen MR) is 38.4 cm³/mol. The predicted octanol–water partition coefficient (Wildman–Crippen LogP) is -5.04. The van der Waals surface area contributed by atoms with Gasteiger partial charge in [-0.15, -0.1) is 0 Å². The van der Waals surface area contributed by atoms with Crippen LogP contribution in [-0.4, -0.2) is 23.5 Å². The molecule has 1 atom stereocenters. The van der Waals surface area contributed by atoms with Gasteiger partial charge in [-0.05, 0) is 6.92 Å². The van der Waals surface area contributed by atoms with Crippen LogP contribution in [0.1, 0.15) is 6.92 Å². The minimum atomic E-state index is -1.86. The van der Waals surface area contributed by atoms with Gasteiger partial charge in [-0.1, -0.05) is 0 Å². The maximum absolute atomic E-state index is 11.1. The van der Waals surface area contributed by atoms with Gasteiger partial charge in [0.05, 0.1) is 5.97 Å². The molecule has 1 heterocycles. The van der Waals surface area contributed by atoms with Crippen molar-refractivity contribution in [2.24, 2.45) is 5.92 Å². The van der Waals surface area contributed by atoms with Gasteiger partial charge in [0.15, 0.2) is 5.78 Å². The van der Waals surface area contributed by atoms with Crippen molar-refractivity contribution in [3.05, 3.63) is 11.8 Å². The summed E-state index contributed by atoms with van der Waals surface area (Å²) in [6.07, 6.45) is 0.685. The summed E-state index contributed by atoms with van der Waals surface area (Å²) in [6.45, 7) is 0.951. The Kier molecular flexibility index (Phi) is 4.86. The second-order valence-corrected chi connectivity index (χ2v) is 2.66. The average Bonchev–Trinajstić information content (AvgIpc) is 2.63. The van der Waals surface area contributed by atoms with Crippen molar-refractivity contribution >= 4 is 23.5 Å². The number of cyclic esters (lactones) is 1. The van der Waals surface area contributed by atoms with Crippen LogP contribution < -0.4 is 34.7 Å². The van der Waals surface area contributed by atoms with E-state index in [4.69, 9.17) is 0 Å². The zero-order valence-corrected chi connectivity index (χ0v) is 10.1. The SMILES string of the molecule is CC(=O)C(C(=O)[O-])C(=O)/C=C1\OC1=O.[Na+]. The molecule has 0 aliphatic carbocycles. The fraction of sp³-hybridized carbons (Fsp3) is 0.250. The summed E-state index contributed by atoms with van der Waals surface area (Å²) < 4.78 is 4.17. The zero-order chi connectivity index (χ0) is 10.9. The van der Waals surface area contributed by atoms with E-state index in [-0.39, 0.29) is 35.3 Å². The van der Waals surface area contributed by atoms with Crippen molar-refractivity contribution in [1.82, 2.24) is 0 Å². The van der Waals surface area contributed by atoms with E-state index < -0.39 is 29.4 Å². The molecule has 0 spiro atoms. The number of hydrogen-bond donors (Lipinski definition) is 0. The first-order chi connectivity index (χ1) is 6.43. The number of carbonyl (C=O) groups is 4. The topological polar surface area (TPSA) is 104 Å². The normalized spacial score (nSPS) is 17.4. The molecule has 1 fully saturated rings. The number of epoxide rings is 1. The summed E-state index contributed by atoms with van der Waals surface area (Å²) in [7, 11) is 0. The third-order valence-electron chi connectivity index (χ3n) is 1.56. The van der Waals surface area contributed by atoms with Crippen LogP contribution in [0.2, 0.25) is 0 Å². The summed E-state index contributed by atoms with van der Waals surface area (Å²) in [5, 5.41) is 10.4. The largest absolute Gasteiger partial charge is 1.00 e. The molecule has 0 aromatic carbocycles. The van der Waals surface area contributed by atoms with Gasteiger partial charge < -0.3 is 14.6 Å².